The van der Waals surface area contributed by atoms with Gasteiger partial charge in [0.1, 0.15) is 0 Å². The quantitative estimate of drug-likeness (QED) is 0.186. The van der Waals surface area contributed by atoms with Crippen LogP contribution in [0.15, 0.2) is 0 Å². The monoisotopic (exact) mass is 290 g/mol. The summed E-state index contributed by atoms with van der Waals surface area (Å²) in [5.41, 5.74) is 0. The zero-order valence-electron chi connectivity index (χ0n) is 10.4. The fourth-order valence-corrected chi connectivity index (χ4v) is 0. The molecule has 17 heavy (non-hydrogen) atoms. The van der Waals surface area contributed by atoms with Gasteiger partial charge in [0, 0.05) is 0 Å². The summed E-state index contributed by atoms with van der Waals surface area (Å²) >= 11 is 0. The third-order valence-corrected chi connectivity index (χ3v) is 0. The predicted octanol–water partition coefficient (Wildman–Crippen LogP) is -8.36. The van der Waals surface area contributed by atoms with Gasteiger partial charge in [0.15, 0.2) is 0 Å². The smallest absolute Gasteiger partial charge is 1.00 e. The average molecular weight is 289 g/mol. The second kappa shape index (κ2) is 25.8. The second-order valence-corrected chi connectivity index (χ2v) is 1.39. The van der Waals surface area contributed by atoms with Gasteiger partial charge >= 0.3 is 67.0 Å². The summed E-state index contributed by atoms with van der Waals surface area (Å²) in [4.78, 5) is 0. The van der Waals surface area contributed by atoms with E-state index in [9.17, 15) is 0 Å². The first kappa shape index (κ1) is 30.8. The summed E-state index contributed by atoms with van der Waals surface area (Å²) in [5.74, 6) is 0. The molecule has 0 aromatic heterocycles. The molecule has 0 heterocycles. The normalized spacial score (nSPS) is 6.35. The first-order valence-electron chi connectivity index (χ1n) is 3.10. The third-order valence-electron chi connectivity index (χ3n) is 0. The van der Waals surface area contributed by atoms with Crippen LogP contribution in [-0.4, -0.2) is 127 Å². The van der Waals surface area contributed by atoms with Crippen molar-refractivity contribution < 1.29 is 63.1 Å². The summed E-state index contributed by atoms with van der Waals surface area (Å²) in [7, 11) is -8.67. The van der Waals surface area contributed by atoms with Crippen LogP contribution in [-0.2, 0) is 0 Å². The Hall–Kier alpha value is 1.04. The third kappa shape index (κ3) is 3570. The molecule has 0 amide bonds. The van der Waals surface area contributed by atoms with Gasteiger partial charge in [0.25, 0.3) is 0 Å². The van der Waals surface area contributed by atoms with E-state index in [1.807, 2.05) is 0 Å². The van der Waals surface area contributed by atoms with Crippen molar-refractivity contribution in [3.8, 4) is 0 Å². The maximum absolute atomic E-state index is 7.17. The topological polar surface area (TPSA) is 243 Å². The number of hydrogen-bond acceptors (Lipinski definition) is 12. The Morgan fingerprint density at radius 3 is 0.353 bits per heavy atom. The van der Waals surface area contributed by atoms with Crippen molar-refractivity contribution in [2.45, 2.75) is 0 Å². The van der Waals surface area contributed by atoms with Crippen LogP contribution in [0.5, 0.6) is 0 Å². The average Bonchev–Trinajstić information content (AvgIpc) is 1.76. The molecule has 0 fully saturated rings. The van der Waals surface area contributed by atoms with E-state index in [-0.39, 0.29) is 40.6 Å². The first-order valence-corrected chi connectivity index (χ1v) is 3.10. The van der Waals surface area contributed by atoms with Crippen LogP contribution in [0.25, 0.3) is 0 Å². The molecule has 12 nitrogen and oxygen atoms in total. The molecule has 100 valence electrons. The van der Waals surface area contributed by atoms with E-state index >= 15 is 0 Å². The van der Waals surface area contributed by atoms with Crippen LogP contribution in [0.3, 0.4) is 0 Å². The molecule has 12 N–H and O–H groups in total. The minimum Gasteiger partial charge on any atom is -1.00 e. The van der Waals surface area contributed by atoms with Gasteiger partial charge in [0.2, 0.25) is 0 Å². The maximum Gasteiger partial charge on any atom is 2.00 e. The largest absolute Gasteiger partial charge is 2.00 e. The standard InChI is InChI=1S/4BH3O3.Ca.2H/c4*2-1(3)4;;;/h4*2-4H;;;/q;;;;+2;2*-1. The van der Waals surface area contributed by atoms with Crippen molar-refractivity contribution in [2.24, 2.45) is 0 Å². The van der Waals surface area contributed by atoms with E-state index in [1.54, 1.807) is 0 Å². The molecular weight excluding hydrogens is 275 g/mol. The maximum atomic E-state index is 7.17. The Morgan fingerprint density at radius 1 is 0.353 bits per heavy atom. The molecule has 0 aliphatic heterocycles. The molecule has 0 bridgehead atoms. The van der Waals surface area contributed by atoms with Crippen molar-refractivity contribution in [1.82, 2.24) is 0 Å². The zero-order valence-corrected chi connectivity index (χ0v) is 10.6. The van der Waals surface area contributed by atoms with E-state index in [4.69, 9.17) is 60.3 Å². The molecule has 0 spiro atoms. The Balaban J connectivity index is -0.0000000192. The summed E-state index contributed by atoms with van der Waals surface area (Å²) < 4.78 is 0. The molecule has 0 saturated heterocycles. The predicted molar refractivity (Wildman–Crippen MR) is 57.6 cm³/mol. The summed E-state index contributed by atoms with van der Waals surface area (Å²) in [6, 6.07) is 0. The van der Waals surface area contributed by atoms with Crippen molar-refractivity contribution in [1.29, 1.82) is 0 Å². The number of rotatable bonds is 0. The second-order valence-electron chi connectivity index (χ2n) is 1.39. The Morgan fingerprint density at radius 2 is 0.353 bits per heavy atom. The van der Waals surface area contributed by atoms with E-state index in [0.29, 0.717) is 0 Å². The molecule has 17 heteroatoms. The molecule has 0 atom stereocenters. The fraction of sp³-hybridized carbons (Fsp3) is 0. The zero-order chi connectivity index (χ0) is 14.3. The van der Waals surface area contributed by atoms with Gasteiger partial charge in [-0.3, -0.25) is 0 Å². The molecule has 0 aromatic rings. The molecule has 0 aromatic carbocycles. The van der Waals surface area contributed by atoms with Crippen molar-refractivity contribution >= 4 is 67.0 Å². The minimum absolute atomic E-state index is 0. The minimum atomic E-state index is -2.17. The van der Waals surface area contributed by atoms with Gasteiger partial charge in [-0.05, 0) is 0 Å². The van der Waals surface area contributed by atoms with Crippen LogP contribution in [0.4, 0.5) is 0 Å². The molecule has 0 unspecified atom stereocenters. The first-order chi connectivity index (χ1) is 6.93. The van der Waals surface area contributed by atoms with Crippen LogP contribution in [0.2, 0.25) is 0 Å². The van der Waals surface area contributed by atoms with E-state index in [0.717, 1.165) is 0 Å². The summed E-state index contributed by atoms with van der Waals surface area (Å²) in [6.07, 6.45) is 0. The van der Waals surface area contributed by atoms with Gasteiger partial charge in [-0.1, -0.05) is 0 Å². The van der Waals surface area contributed by atoms with Gasteiger partial charge in [-0.2, -0.15) is 0 Å². The van der Waals surface area contributed by atoms with Crippen LogP contribution in [0.1, 0.15) is 2.85 Å². The molecule has 0 radical (unpaired) electrons. The Kier molecular flexibility index (Phi) is 46.7. The van der Waals surface area contributed by atoms with Gasteiger partial charge in [-0.15, -0.1) is 0 Å². The molecule has 0 rings (SSSR count). The van der Waals surface area contributed by atoms with Crippen molar-refractivity contribution in [2.75, 3.05) is 0 Å². The SMILES string of the molecule is OB(O)O.OB(O)O.OB(O)O.OB(O)O.[Ca+2].[H-].[H-]. The van der Waals surface area contributed by atoms with E-state index in [2.05, 4.69) is 0 Å². The number of hydrogen-bond donors (Lipinski definition) is 12. The Labute approximate surface area is 130 Å². The molecule has 0 saturated carbocycles. The van der Waals surface area contributed by atoms with Crippen LogP contribution >= 0.6 is 0 Å². The summed E-state index contributed by atoms with van der Waals surface area (Å²) in [5, 5.41) is 86.0. The van der Waals surface area contributed by atoms with Crippen LogP contribution in [0, 0.1) is 0 Å². The molecule has 0 aliphatic carbocycles. The van der Waals surface area contributed by atoms with Gasteiger partial charge < -0.3 is 63.1 Å². The van der Waals surface area contributed by atoms with E-state index < -0.39 is 29.3 Å². The molecular formula is H14B4CaO12. The summed E-state index contributed by atoms with van der Waals surface area (Å²) in [6.45, 7) is 0. The Bertz CT molecular complexity index is 70.7. The van der Waals surface area contributed by atoms with Crippen molar-refractivity contribution in [3.05, 3.63) is 0 Å². The van der Waals surface area contributed by atoms with Crippen molar-refractivity contribution in [3.63, 3.8) is 0 Å². The molecule has 0 aliphatic rings. The fourth-order valence-electron chi connectivity index (χ4n) is 0. The van der Waals surface area contributed by atoms with E-state index in [1.165, 1.54) is 0 Å². The van der Waals surface area contributed by atoms with Crippen LogP contribution < -0.4 is 0 Å². The van der Waals surface area contributed by atoms with Gasteiger partial charge in [0.05, 0.1) is 0 Å². The van der Waals surface area contributed by atoms with Gasteiger partial charge in [-0.25, -0.2) is 0 Å².